The zero-order valence-electron chi connectivity index (χ0n) is 6.85. The summed E-state index contributed by atoms with van der Waals surface area (Å²) in [4.78, 5) is 0. The lowest BCUT2D eigenvalue weighted by molar-refractivity contribution is 0.611. The predicted octanol–water partition coefficient (Wildman–Crippen LogP) is 3.03. The van der Waals surface area contributed by atoms with E-state index in [9.17, 15) is 4.39 Å². The van der Waals surface area contributed by atoms with E-state index in [0.717, 1.165) is 0 Å². The molecule has 0 atom stereocenters. The summed E-state index contributed by atoms with van der Waals surface area (Å²) in [6.07, 6.45) is 0.614. The number of likely N-dealkylation sites (N-methyl/N-ethyl adjacent to an activating group) is 1. The molecule has 0 N–H and O–H groups in total. The van der Waals surface area contributed by atoms with E-state index in [1.165, 1.54) is 6.07 Å². The number of hydrogen-bond acceptors (Lipinski definition) is 0. The van der Waals surface area contributed by atoms with Gasteiger partial charge in [-0.2, -0.15) is 7.05 Å². The van der Waals surface area contributed by atoms with E-state index in [0.29, 0.717) is 23.6 Å². The maximum Gasteiger partial charge on any atom is 0.126 e. The van der Waals surface area contributed by atoms with Gasteiger partial charge in [0.05, 0.1) is 0 Å². The minimum absolute atomic E-state index is 0.206. The zero-order chi connectivity index (χ0) is 8.97. The molecule has 1 rings (SSSR count). The molecule has 1 nitrogen and oxygen atoms in total. The van der Waals surface area contributed by atoms with Crippen LogP contribution >= 0.6 is 11.6 Å². The van der Waals surface area contributed by atoms with Crippen LogP contribution in [0.5, 0.6) is 0 Å². The van der Waals surface area contributed by atoms with Gasteiger partial charge in [0.1, 0.15) is 5.82 Å². The normalized spacial score (nSPS) is 10.2. The molecule has 0 aromatic heterocycles. The van der Waals surface area contributed by atoms with E-state index >= 15 is 0 Å². The molecule has 0 fully saturated rings. The van der Waals surface area contributed by atoms with E-state index in [1.54, 1.807) is 19.2 Å². The van der Waals surface area contributed by atoms with Gasteiger partial charge in [-0.15, -0.1) is 6.54 Å². The first kappa shape index (κ1) is 9.49. The average Bonchev–Trinajstić information content (AvgIpc) is 2.07. The van der Waals surface area contributed by atoms with Crippen LogP contribution in [0.3, 0.4) is 0 Å². The first-order valence-electron chi connectivity index (χ1n) is 3.73. The molecule has 3 heteroatoms. The van der Waals surface area contributed by atoms with Gasteiger partial charge in [0.25, 0.3) is 0 Å². The summed E-state index contributed by atoms with van der Waals surface area (Å²) in [5, 5.41) is 4.46. The molecule has 0 aliphatic heterocycles. The van der Waals surface area contributed by atoms with Crippen LogP contribution in [0.1, 0.15) is 5.56 Å². The molecule has 0 saturated heterocycles. The maximum atomic E-state index is 13.0. The Bertz CT molecular complexity index is 263. The predicted molar refractivity (Wildman–Crippen MR) is 49.3 cm³/mol. The van der Waals surface area contributed by atoms with Gasteiger partial charge in [-0.3, -0.25) is 0 Å². The highest BCUT2D eigenvalue weighted by molar-refractivity contribution is 6.30. The second-order valence-electron chi connectivity index (χ2n) is 2.53. The molecule has 1 aromatic rings. The molecule has 1 aromatic carbocycles. The minimum Gasteiger partial charge on any atom is -0.665 e. The Balaban J connectivity index is 2.75. The summed E-state index contributed by atoms with van der Waals surface area (Å²) < 4.78 is 13.0. The van der Waals surface area contributed by atoms with Gasteiger partial charge in [0.2, 0.25) is 0 Å². The van der Waals surface area contributed by atoms with Crippen molar-refractivity contribution in [3.63, 3.8) is 0 Å². The van der Waals surface area contributed by atoms with Gasteiger partial charge < -0.3 is 5.32 Å². The lowest BCUT2D eigenvalue weighted by atomic mass is 10.1. The van der Waals surface area contributed by atoms with Crippen molar-refractivity contribution in [1.29, 1.82) is 0 Å². The number of halogens is 2. The quantitative estimate of drug-likeness (QED) is 0.689. The van der Waals surface area contributed by atoms with Gasteiger partial charge in [0.15, 0.2) is 0 Å². The van der Waals surface area contributed by atoms with E-state index in [4.69, 9.17) is 11.6 Å². The van der Waals surface area contributed by atoms with Gasteiger partial charge in [-0.1, -0.05) is 11.6 Å². The van der Waals surface area contributed by atoms with Crippen LogP contribution in [0.4, 0.5) is 4.39 Å². The van der Waals surface area contributed by atoms with E-state index in [1.807, 2.05) is 0 Å². The van der Waals surface area contributed by atoms with Crippen LogP contribution in [0.2, 0.25) is 5.02 Å². The lowest BCUT2D eigenvalue weighted by Gasteiger charge is -2.10. The number of hydrogen-bond donors (Lipinski definition) is 0. The molecule has 0 amide bonds. The Morgan fingerprint density at radius 2 is 2.25 bits per heavy atom. The van der Waals surface area contributed by atoms with Crippen molar-refractivity contribution in [2.24, 2.45) is 0 Å². The maximum absolute atomic E-state index is 13.0. The molecule has 0 aliphatic carbocycles. The first-order valence-corrected chi connectivity index (χ1v) is 4.11. The lowest BCUT2D eigenvalue weighted by Crippen LogP contribution is -1.94. The summed E-state index contributed by atoms with van der Waals surface area (Å²) >= 11 is 5.70. The Morgan fingerprint density at radius 3 is 2.92 bits per heavy atom. The van der Waals surface area contributed by atoms with Crippen molar-refractivity contribution < 1.29 is 4.39 Å². The summed E-state index contributed by atoms with van der Waals surface area (Å²) in [5.74, 6) is -0.206. The molecule has 0 radical (unpaired) electrons. The Kier molecular flexibility index (Phi) is 3.50. The van der Waals surface area contributed by atoms with Crippen LogP contribution in [-0.2, 0) is 6.42 Å². The van der Waals surface area contributed by atoms with Crippen molar-refractivity contribution in [1.82, 2.24) is 0 Å². The summed E-state index contributed by atoms with van der Waals surface area (Å²) in [7, 11) is 1.71. The molecular formula is C9H10ClFN-. The number of benzene rings is 1. The van der Waals surface area contributed by atoms with Crippen LogP contribution in [0.25, 0.3) is 5.32 Å². The molecule has 0 bridgehead atoms. The van der Waals surface area contributed by atoms with E-state index in [-0.39, 0.29) is 5.82 Å². The Morgan fingerprint density at radius 1 is 1.50 bits per heavy atom. The third kappa shape index (κ3) is 2.47. The van der Waals surface area contributed by atoms with Crippen molar-refractivity contribution >= 4 is 11.6 Å². The Hall–Kier alpha value is -0.600. The SMILES string of the molecule is C[N-]CCc1cc(Cl)ccc1F. The van der Waals surface area contributed by atoms with Gasteiger partial charge in [-0.25, -0.2) is 4.39 Å². The molecule has 0 heterocycles. The molecular weight excluding hydrogens is 177 g/mol. The first-order chi connectivity index (χ1) is 5.74. The highest BCUT2D eigenvalue weighted by Gasteiger charge is 1.99. The van der Waals surface area contributed by atoms with Crippen LogP contribution < -0.4 is 0 Å². The average molecular weight is 187 g/mol. The molecule has 66 valence electrons. The number of rotatable bonds is 3. The highest BCUT2D eigenvalue weighted by Crippen LogP contribution is 2.15. The van der Waals surface area contributed by atoms with Crippen molar-refractivity contribution in [2.45, 2.75) is 6.42 Å². The molecule has 0 saturated carbocycles. The smallest absolute Gasteiger partial charge is 0.126 e. The van der Waals surface area contributed by atoms with Crippen LogP contribution in [0, 0.1) is 5.82 Å². The second kappa shape index (κ2) is 4.43. The summed E-state index contributed by atoms with van der Waals surface area (Å²) in [6, 6.07) is 4.57. The van der Waals surface area contributed by atoms with Gasteiger partial charge in [0, 0.05) is 5.02 Å². The van der Waals surface area contributed by atoms with E-state index < -0.39 is 0 Å². The van der Waals surface area contributed by atoms with Crippen LogP contribution in [0.15, 0.2) is 18.2 Å². The fourth-order valence-corrected chi connectivity index (χ4v) is 1.16. The van der Waals surface area contributed by atoms with Crippen molar-refractivity contribution in [3.05, 3.63) is 39.9 Å². The summed E-state index contributed by atoms with van der Waals surface area (Å²) in [5.41, 5.74) is 0.633. The standard InChI is InChI=1S/C9H10ClFN/c1-12-5-4-7-6-8(10)2-3-9(7)11/h2-3,6H,4-5H2,1H3/q-1. The molecule has 0 spiro atoms. The third-order valence-electron chi connectivity index (χ3n) is 1.61. The van der Waals surface area contributed by atoms with Gasteiger partial charge in [-0.05, 0) is 30.2 Å². The van der Waals surface area contributed by atoms with Gasteiger partial charge >= 0.3 is 0 Å². The molecule has 0 unspecified atom stereocenters. The summed E-state index contributed by atoms with van der Waals surface area (Å²) in [6.45, 7) is 0.636. The fourth-order valence-electron chi connectivity index (χ4n) is 0.967. The fraction of sp³-hybridized carbons (Fsp3) is 0.333. The van der Waals surface area contributed by atoms with Crippen molar-refractivity contribution in [2.75, 3.05) is 13.6 Å². The van der Waals surface area contributed by atoms with Crippen LogP contribution in [-0.4, -0.2) is 13.6 Å². The Labute approximate surface area is 76.5 Å². The van der Waals surface area contributed by atoms with Crippen molar-refractivity contribution in [3.8, 4) is 0 Å². The zero-order valence-corrected chi connectivity index (χ0v) is 7.61. The molecule has 0 aliphatic rings. The second-order valence-corrected chi connectivity index (χ2v) is 2.96. The number of nitrogens with zero attached hydrogens (tertiary/aromatic N) is 1. The monoisotopic (exact) mass is 186 g/mol. The minimum atomic E-state index is -0.206. The third-order valence-corrected chi connectivity index (χ3v) is 1.85. The topological polar surface area (TPSA) is 14.1 Å². The van der Waals surface area contributed by atoms with E-state index in [2.05, 4.69) is 5.32 Å². The largest absolute Gasteiger partial charge is 0.665 e. The highest BCUT2D eigenvalue weighted by atomic mass is 35.5. The molecule has 12 heavy (non-hydrogen) atoms.